The van der Waals surface area contributed by atoms with Crippen LogP contribution >= 0.6 is 0 Å². The third kappa shape index (κ3) is 6.57. The molecule has 242 valence electrons. The van der Waals surface area contributed by atoms with E-state index in [1.54, 1.807) is 22.9 Å². The molecule has 2 N–H and O–H groups in total. The van der Waals surface area contributed by atoms with Crippen molar-refractivity contribution in [2.45, 2.75) is 62.9 Å². The van der Waals surface area contributed by atoms with Gasteiger partial charge in [0.05, 0.1) is 35.7 Å². The molecule has 0 atom stereocenters. The van der Waals surface area contributed by atoms with Crippen molar-refractivity contribution in [1.82, 2.24) is 29.1 Å². The van der Waals surface area contributed by atoms with Crippen LogP contribution in [0.15, 0.2) is 30.3 Å². The van der Waals surface area contributed by atoms with Gasteiger partial charge in [-0.25, -0.2) is 18.8 Å². The number of pyridine rings is 1. The van der Waals surface area contributed by atoms with Crippen LogP contribution in [0.5, 0.6) is 0 Å². The molecule has 3 aliphatic heterocycles. The number of piperidine rings is 1. The number of nitrogens with one attached hydrogen (secondary N) is 2. The molecule has 4 fully saturated rings. The maximum atomic E-state index is 13.9. The van der Waals surface area contributed by atoms with Gasteiger partial charge >= 0.3 is 10.2 Å². The maximum absolute atomic E-state index is 13.9. The first-order chi connectivity index (χ1) is 21.8. The van der Waals surface area contributed by atoms with Crippen LogP contribution in [0.2, 0.25) is 0 Å². The lowest BCUT2D eigenvalue weighted by atomic mass is 9.82. The van der Waals surface area contributed by atoms with E-state index in [0.29, 0.717) is 43.4 Å². The van der Waals surface area contributed by atoms with Gasteiger partial charge in [0.25, 0.3) is 5.91 Å². The summed E-state index contributed by atoms with van der Waals surface area (Å²) in [5.41, 5.74) is 2.79. The molecule has 45 heavy (non-hydrogen) atoms. The average molecular weight is 642 g/mol. The van der Waals surface area contributed by atoms with Crippen LogP contribution in [-0.2, 0) is 19.7 Å². The number of hydrogen-bond donors (Lipinski definition) is 2. The summed E-state index contributed by atoms with van der Waals surface area (Å²) in [6.45, 7) is 5.84. The first-order valence-corrected chi connectivity index (χ1v) is 17.5. The van der Waals surface area contributed by atoms with Crippen LogP contribution < -0.4 is 14.3 Å². The molecule has 1 saturated carbocycles. The van der Waals surface area contributed by atoms with Crippen LogP contribution in [0.1, 0.15) is 67.0 Å². The van der Waals surface area contributed by atoms with Gasteiger partial charge in [0.2, 0.25) is 0 Å². The van der Waals surface area contributed by atoms with E-state index in [1.807, 2.05) is 0 Å². The Morgan fingerprint density at radius 2 is 1.60 bits per heavy atom. The molecule has 2 aromatic heterocycles. The molecule has 0 unspecified atom stereocenters. The Kier molecular flexibility index (Phi) is 8.75. The molecular formula is C31H40FN7O5S. The third-order valence-electron chi connectivity index (χ3n) is 9.58. The number of carbonyl (C=O) groups excluding carboxylic acids is 1. The molecule has 5 heterocycles. The van der Waals surface area contributed by atoms with Gasteiger partial charge in [-0.05, 0) is 68.9 Å². The summed E-state index contributed by atoms with van der Waals surface area (Å²) in [4.78, 5) is 23.1. The molecule has 4 aliphatic rings. The van der Waals surface area contributed by atoms with Crippen molar-refractivity contribution in [2.75, 3.05) is 57.5 Å². The van der Waals surface area contributed by atoms with Gasteiger partial charge in [-0.15, -0.1) is 0 Å². The summed E-state index contributed by atoms with van der Waals surface area (Å²) in [5.74, 6) is -0.934. The second-order valence-electron chi connectivity index (χ2n) is 12.4. The number of carbonyl (C=O) groups is 1. The second kappa shape index (κ2) is 12.9. The molecule has 7 rings (SSSR count). The topological polar surface area (TPSA) is 131 Å². The third-order valence-corrected chi connectivity index (χ3v) is 10.7. The zero-order valence-corrected chi connectivity index (χ0v) is 26.1. The van der Waals surface area contributed by atoms with E-state index in [-0.39, 0.29) is 23.5 Å². The highest BCUT2D eigenvalue weighted by molar-refractivity contribution is 7.88. The van der Waals surface area contributed by atoms with E-state index in [1.165, 1.54) is 12.1 Å². The van der Waals surface area contributed by atoms with Crippen molar-refractivity contribution in [1.29, 1.82) is 0 Å². The first kappa shape index (κ1) is 30.5. The standard InChI is InChI=1S/C31H40FN7O5S/c32-22-4-6-25(7-5-22)39-30-28(29(34-39)21-2-1-3-21)27(38-12-8-24(9-13-38)37-14-18-44-19-15-37)20-26(33-30)31(40)36-45(41,42)35-23-10-16-43-17-11-23/h4-7,20-21,23-24,35H,1-3,8-19H2,(H,36,40). The number of fused-ring (bicyclic) bond motifs is 1. The largest absolute Gasteiger partial charge is 0.381 e. The molecule has 0 bridgehead atoms. The predicted molar refractivity (Wildman–Crippen MR) is 166 cm³/mol. The maximum Gasteiger partial charge on any atom is 0.301 e. The Hall–Kier alpha value is -3.17. The molecule has 1 aromatic carbocycles. The number of nitrogens with zero attached hydrogens (tertiary/aromatic N) is 5. The molecule has 3 aromatic rings. The Labute approximate surface area is 262 Å². The van der Waals surface area contributed by atoms with Gasteiger partial charge in [0.15, 0.2) is 5.65 Å². The number of anilines is 1. The van der Waals surface area contributed by atoms with Gasteiger partial charge in [-0.1, -0.05) is 6.42 Å². The highest BCUT2D eigenvalue weighted by Gasteiger charge is 2.33. The number of amides is 1. The summed E-state index contributed by atoms with van der Waals surface area (Å²) >= 11 is 0. The summed E-state index contributed by atoms with van der Waals surface area (Å²) in [7, 11) is -4.15. The highest BCUT2D eigenvalue weighted by Crippen LogP contribution is 2.43. The first-order valence-electron chi connectivity index (χ1n) is 16.0. The minimum Gasteiger partial charge on any atom is -0.381 e. The van der Waals surface area contributed by atoms with Crippen molar-refractivity contribution in [3.05, 3.63) is 47.5 Å². The van der Waals surface area contributed by atoms with Crippen LogP contribution in [-0.4, -0.2) is 98.7 Å². The van der Waals surface area contributed by atoms with Crippen molar-refractivity contribution in [2.24, 2.45) is 0 Å². The van der Waals surface area contributed by atoms with Gasteiger partial charge < -0.3 is 14.4 Å². The lowest BCUT2D eigenvalue weighted by Crippen LogP contribution is -2.49. The van der Waals surface area contributed by atoms with Crippen LogP contribution in [0, 0.1) is 5.82 Å². The minimum absolute atomic E-state index is 0.0198. The number of morpholine rings is 1. The predicted octanol–water partition coefficient (Wildman–Crippen LogP) is 2.87. The Morgan fingerprint density at radius 1 is 0.911 bits per heavy atom. The van der Waals surface area contributed by atoms with Crippen molar-refractivity contribution in [3.63, 3.8) is 0 Å². The number of aromatic nitrogens is 3. The lowest BCUT2D eigenvalue weighted by Gasteiger charge is -2.41. The fraction of sp³-hybridized carbons (Fsp3) is 0.581. The number of rotatable bonds is 8. The second-order valence-corrected chi connectivity index (χ2v) is 13.9. The number of benzene rings is 1. The van der Waals surface area contributed by atoms with Crippen molar-refractivity contribution >= 4 is 32.8 Å². The normalized spacial score (nSPS) is 21.2. The van der Waals surface area contributed by atoms with Crippen molar-refractivity contribution in [3.8, 4) is 5.69 Å². The van der Waals surface area contributed by atoms with Crippen LogP contribution in [0.3, 0.4) is 0 Å². The monoisotopic (exact) mass is 641 g/mol. The van der Waals surface area contributed by atoms with E-state index >= 15 is 0 Å². The summed E-state index contributed by atoms with van der Waals surface area (Å²) in [6, 6.07) is 7.87. The molecular weight excluding hydrogens is 601 g/mol. The molecule has 1 amide bonds. The van der Waals surface area contributed by atoms with E-state index < -0.39 is 16.1 Å². The molecule has 1 aliphatic carbocycles. The molecule has 12 nitrogen and oxygen atoms in total. The number of halogens is 1. The number of ether oxygens (including phenoxy) is 2. The average Bonchev–Trinajstić information content (AvgIpc) is 3.39. The van der Waals surface area contributed by atoms with Crippen molar-refractivity contribution < 1.29 is 27.1 Å². The van der Waals surface area contributed by atoms with E-state index in [0.717, 1.165) is 88.3 Å². The van der Waals surface area contributed by atoms with Crippen LogP contribution in [0.4, 0.5) is 10.1 Å². The fourth-order valence-corrected chi connectivity index (χ4v) is 7.95. The van der Waals surface area contributed by atoms with E-state index in [2.05, 4.69) is 19.2 Å². The Bertz CT molecular complexity index is 1630. The summed E-state index contributed by atoms with van der Waals surface area (Å²) < 4.78 is 57.2. The van der Waals surface area contributed by atoms with Gasteiger partial charge in [0.1, 0.15) is 11.5 Å². The minimum atomic E-state index is -4.15. The lowest BCUT2D eigenvalue weighted by molar-refractivity contribution is 0.0115. The summed E-state index contributed by atoms with van der Waals surface area (Å²) in [6.07, 6.45) is 6.11. The summed E-state index contributed by atoms with van der Waals surface area (Å²) in [5, 5.41) is 5.89. The molecule has 14 heteroatoms. The SMILES string of the molecule is O=C(NS(=O)(=O)NC1CCOCC1)c1cc(N2CCC(N3CCOCC3)CC2)c2c(C3CCC3)nn(-c3ccc(F)cc3)c2n1. The van der Waals surface area contributed by atoms with Gasteiger partial charge in [0, 0.05) is 57.4 Å². The fourth-order valence-electron chi connectivity index (χ4n) is 6.87. The molecule has 0 radical (unpaired) electrons. The number of hydrogen-bond acceptors (Lipinski definition) is 9. The van der Waals surface area contributed by atoms with Gasteiger partial charge in [-0.3, -0.25) is 9.69 Å². The Balaban J connectivity index is 1.26. The van der Waals surface area contributed by atoms with Crippen LogP contribution in [0.25, 0.3) is 16.7 Å². The molecule has 3 saturated heterocycles. The van der Waals surface area contributed by atoms with E-state index in [9.17, 15) is 17.6 Å². The van der Waals surface area contributed by atoms with Gasteiger partial charge in [-0.2, -0.15) is 18.2 Å². The molecule has 0 spiro atoms. The smallest absolute Gasteiger partial charge is 0.301 e. The zero-order valence-electron chi connectivity index (χ0n) is 25.3. The quantitative estimate of drug-likeness (QED) is 0.381. The Morgan fingerprint density at radius 3 is 2.27 bits per heavy atom. The van der Waals surface area contributed by atoms with E-state index in [4.69, 9.17) is 19.6 Å². The highest BCUT2D eigenvalue weighted by atomic mass is 32.2. The zero-order chi connectivity index (χ0) is 31.0.